The lowest BCUT2D eigenvalue weighted by Gasteiger charge is -2.08. The molecule has 0 atom stereocenters. The molecule has 140 valence electrons. The van der Waals surface area contributed by atoms with Crippen LogP contribution in [0.5, 0.6) is 11.5 Å². The zero-order valence-corrected chi connectivity index (χ0v) is 15.4. The van der Waals surface area contributed by atoms with Gasteiger partial charge in [0.05, 0.1) is 7.11 Å². The van der Waals surface area contributed by atoms with E-state index in [1.807, 2.05) is 43.4 Å². The molecule has 0 aliphatic carbocycles. The van der Waals surface area contributed by atoms with Gasteiger partial charge in [0, 0.05) is 19.2 Å². The zero-order chi connectivity index (χ0) is 19.1. The molecule has 0 aliphatic heterocycles. The van der Waals surface area contributed by atoms with Crippen LogP contribution in [0.3, 0.4) is 0 Å². The highest BCUT2D eigenvalue weighted by Crippen LogP contribution is 2.18. The second kappa shape index (κ2) is 8.84. The number of carbonyl (C=O) groups is 1. The van der Waals surface area contributed by atoms with Crippen LogP contribution in [0.1, 0.15) is 5.56 Å². The quantitative estimate of drug-likeness (QED) is 0.661. The molecule has 7 nitrogen and oxygen atoms in total. The molecule has 0 fully saturated rings. The van der Waals surface area contributed by atoms with Crippen molar-refractivity contribution in [2.45, 2.75) is 6.42 Å². The molecule has 0 radical (unpaired) electrons. The van der Waals surface area contributed by atoms with Crippen molar-refractivity contribution in [3.63, 3.8) is 0 Å². The normalized spacial score (nSPS) is 10.4. The fourth-order valence-corrected chi connectivity index (χ4v) is 2.51. The van der Waals surface area contributed by atoms with Gasteiger partial charge in [-0.3, -0.25) is 9.48 Å². The maximum Gasteiger partial charge on any atom is 0.257 e. The first-order valence-electron chi connectivity index (χ1n) is 8.62. The second-order valence-electron chi connectivity index (χ2n) is 6.00. The number of carbonyl (C=O) groups excluding carboxylic acids is 1. The van der Waals surface area contributed by atoms with E-state index >= 15 is 0 Å². The Balaban J connectivity index is 1.40. The largest absolute Gasteiger partial charge is 0.497 e. The first kappa shape index (κ1) is 18.4. The minimum atomic E-state index is -0.154. The van der Waals surface area contributed by atoms with Gasteiger partial charge in [0.25, 0.3) is 5.91 Å². The molecule has 0 saturated carbocycles. The summed E-state index contributed by atoms with van der Waals surface area (Å²) in [5.74, 6) is 1.94. The van der Waals surface area contributed by atoms with Crippen LogP contribution >= 0.6 is 0 Å². The Kier molecular flexibility index (Phi) is 6.04. The summed E-state index contributed by atoms with van der Waals surface area (Å²) in [4.78, 5) is 16.1. The van der Waals surface area contributed by atoms with Gasteiger partial charge in [0.2, 0.25) is 0 Å². The average molecular weight is 366 g/mol. The molecule has 1 N–H and O–H groups in total. The fourth-order valence-electron chi connectivity index (χ4n) is 2.51. The van der Waals surface area contributed by atoms with Crippen LogP contribution in [0.25, 0.3) is 11.4 Å². The number of nitrogens with zero attached hydrogens (tertiary/aromatic N) is 3. The smallest absolute Gasteiger partial charge is 0.257 e. The fraction of sp³-hybridized carbons (Fsp3) is 0.250. The number of ether oxygens (including phenoxy) is 2. The number of rotatable bonds is 8. The van der Waals surface area contributed by atoms with E-state index in [0.29, 0.717) is 18.1 Å². The molecule has 7 heteroatoms. The number of benzene rings is 2. The van der Waals surface area contributed by atoms with E-state index in [-0.39, 0.29) is 12.5 Å². The number of aryl methyl sites for hydroxylation is 1. The third-order valence-electron chi connectivity index (χ3n) is 3.98. The zero-order valence-electron chi connectivity index (χ0n) is 15.4. The number of methoxy groups -OCH3 is 1. The first-order chi connectivity index (χ1) is 13.1. The van der Waals surface area contributed by atoms with Crippen molar-refractivity contribution < 1.29 is 14.3 Å². The van der Waals surface area contributed by atoms with Gasteiger partial charge in [-0.2, -0.15) is 5.10 Å². The van der Waals surface area contributed by atoms with Crippen LogP contribution in [-0.4, -0.2) is 40.9 Å². The molecule has 1 aromatic heterocycles. The molecule has 1 amide bonds. The third-order valence-corrected chi connectivity index (χ3v) is 3.98. The van der Waals surface area contributed by atoms with Crippen molar-refractivity contribution in [2.24, 2.45) is 7.05 Å². The summed E-state index contributed by atoms with van der Waals surface area (Å²) < 4.78 is 12.3. The maximum absolute atomic E-state index is 11.9. The lowest BCUT2D eigenvalue weighted by atomic mass is 10.1. The third kappa shape index (κ3) is 5.31. The Hall–Kier alpha value is -3.35. The predicted molar refractivity (Wildman–Crippen MR) is 102 cm³/mol. The molecule has 0 spiro atoms. The highest BCUT2D eigenvalue weighted by Gasteiger charge is 2.05. The minimum absolute atomic E-state index is 0.0240. The van der Waals surface area contributed by atoms with Crippen molar-refractivity contribution in [3.05, 3.63) is 60.4 Å². The molecular weight excluding hydrogens is 344 g/mol. The lowest BCUT2D eigenvalue weighted by Crippen LogP contribution is -2.30. The van der Waals surface area contributed by atoms with Crippen LogP contribution in [-0.2, 0) is 18.3 Å². The Morgan fingerprint density at radius 3 is 2.41 bits per heavy atom. The van der Waals surface area contributed by atoms with Crippen LogP contribution in [0.15, 0.2) is 54.9 Å². The highest BCUT2D eigenvalue weighted by molar-refractivity contribution is 5.77. The molecule has 2 aromatic carbocycles. The van der Waals surface area contributed by atoms with Gasteiger partial charge in [0.15, 0.2) is 12.4 Å². The number of nitrogens with one attached hydrogen (secondary N) is 1. The second-order valence-corrected chi connectivity index (χ2v) is 6.00. The van der Waals surface area contributed by atoms with E-state index in [1.165, 1.54) is 0 Å². The number of hydrogen-bond acceptors (Lipinski definition) is 5. The molecule has 1 heterocycles. The molecule has 0 saturated heterocycles. The lowest BCUT2D eigenvalue weighted by molar-refractivity contribution is -0.123. The SMILES string of the molecule is COc1ccc(CCNC(=O)COc2ccc(-c3ncn(C)n3)cc2)cc1. The topological polar surface area (TPSA) is 78.3 Å². The summed E-state index contributed by atoms with van der Waals surface area (Å²) in [6, 6.07) is 15.1. The van der Waals surface area contributed by atoms with Crippen molar-refractivity contribution in [2.75, 3.05) is 20.3 Å². The van der Waals surface area contributed by atoms with E-state index < -0.39 is 0 Å². The van der Waals surface area contributed by atoms with Crippen molar-refractivity contribution in [1.82, 2.24) is 20.1 Å². The molecule has 0 unspecified atom stereocenters. The average Bonchev–Trinajstić information content (AvgIpc) is 3.14. The Bertz CT molecular complexity index is 873. The molecule has 3 aromatic rings. The number of aromatic nitrogens is 3. The van der Waals surface area contributed by atoms with Gasteiger partial charge in [-0.05, 0) is 48.4 Å². The van der Waals surface area contributed by atoms with Crippen molar-refractivity contribution >= 4 is 5.91 Å². The molecule has 0 aliphatic rings. The van der Waals surface area contributed by atoms with Crippen LogP contribution in [0.4, 0.5) is 0 Å². The van der Waals surface area contributed by atoms with Crippen LogP contribution in [0, 0.1) is 0 Å². The summed E-state index contributed by atoms with van der Waals surface area (Å²) in [5.41, 5.74) is 2.03. The predicted octanol–water partition coefficient (Wildman–Crippen LogP) is 2.23. The van der Waals surface area contributed by atoms with Gasteiger partial charge in [-0.1, -0.05) is 12.1 Å². The van der Waals surface area contributed by atoms with E-state index in [2.05, 4.69) is 15.4 Å². The highest BCUT2D eigenvalue weighted by atomic mass is 16.5. The maximum atomic E-state index is 11.9. The molecule has 3 rings (SSSR count). The van der Waals surface area contributed by atoms with Gasteiger partial charge in [-0.15, -0.1) is 0 Å². The minimum Gasteiger partial charge on any atom is -0.497 e. The van der Waals surface area contributed by atoms with Crippen LogP contribution in [0.2, 0.25) is 0 Å². The summed E-state index contributed by atoms with van der Waals surface area (Å²) in [5, 5.41) is 7.10. The van der Waals surface area contributed by atoms with E-state index in [4.69, 9.17) is 9.47 Å². The van der Waals surface area contributed by atoms with Crippen LogP contribution < -0.4 is 14.8 Å². The monoisotopic (exact) mass is 366 g/mol. The Morgan fingerprint density at radius 1 is 1.07 bits per heavy atom. The first-order valence-corrected chi connectivity index (χ1v) is 8.62. The number of hydrogen-bond donors (Lipinski definition) is 1. The molecule has 0 bridgehead atoms. The van der Waals surface area contributed by atoms with Gasteiger partial charge in [0.1, 0.15) is 17.8 Å². The summed E-state index contributed by atoms with van der Waals surface area (Å²) >= 11 is 0. The number of amides is 1. The van der Waals surface area contributed by atoms with Gasteiger partial charge < -0.3 is 14.8 Å². The molecular formula is C20H22N4O3. The van der Waals surface area contributed by atoms with Gasteiger partial charge >= 0.3 is 0 Å². The van der Waals surface area contributed by atoms with Crippen molar-refractivity contribution in [1.29, 1.82) is 0 Å². The summed E-state index contributed by atoms with van der Waals surface area (Å²) in [6.07, 6.45) is 2.40. The van der Waals surface area contributed by atoms with E-state index in [9.17, 15) is 4.79 Å². The van der Waals surface area contributed by atoms with E-state index in [0.717, 1.165) is 23.3 Å². The molecule has 27 heavy (non-hydrogen) atoms. The van der Waals surface area contributed by atoms with Crippen molar-refractivity contribution in [3.8, 4) is 22.9 Å². The Morgan fingerprint density at radius 2 is 1.78 bits per heavy atom. The van der Waals surface area contributed by atoms with Gasteiger partial charge in [-0.25, -0.2) is 4.98 Å². The summed E-state index contributed by atoms with van der Waals surface area (Å²) in [7, 11) is 3.46. The standard InChI is InChI=1S/C20H22N4O3/c1-24-14-22-20(23-24)16-5-9-18(10-6-16)27-13-19(25)21-12-11-15-3-7-17(26-2)8-4-15/h3-10,14H,11-13H2,1-2H3,(H,21,25). The van der Waals surface area contributed by atoms with E-state index in [1.54, 1.807) is 30.3 Å². The Labute approximate surface area is 158 Å². The summed E-state index contributed by atoms with van der Waals surface area (Å²) in [6.45, 7) is 0.530.